The Morgan fingerprint density at radius 2 is 2.35 bits per heavy atom. The second kappa shape index (κ2) is 5.30. The van der Waals surface area contributed by atoms with Crippen molar-refractivity contribution in [2.24, 2.45) is 0 Å². The molecule has 0 saturated carbocycles. The summed E-state index contributed by atoms with van der Waals surface area (Å²) >= 11 is 4.97. The molecule has 0 fully saturated rings. The van der Waals surface area contributed by atoms with Gasteiger partial charge >= 0.3 is 0 Å². The standard InChI is InChI=1S/C13H13N5OS/c1-14-12-10(6-15-13(20)17-12)19-8-9-7-18-5-3-2-4-11(18)16-9/h2-7H,8H2,1H3,(H2,14,15,17,20). The second-order valence-corrected chi connectivity index (χ2v) is 4.55. The van der Waals surface area contributed by atoms with Crippen molar-refractivity contribution in [3.8, 4) is 5.75 Å². The number of fused-ring (bicyclic) bond motifs is 1. The van der Waals surface area contributed by atoms with Gasteiger partial charge in [0.25, 0.3) is 0 Å². The summed E-state index contributed by atoms with van der Waals surface area (Å²) in [6.07, 6.45) is 5.49. The van der Waals surface area contributed by atoms with E-state index in [1.54, 1.807) is 13.2 Å². The molecular formula is C13H13N5OS. The molecule has 3 heterocycles. The molecule has 0 amide bonds. The molecule has 0 aliphatic rings. The Hall–Kier alpha value is -2.41. The average molecular weight is 287 g/mol. The minimum Gasteiger partial charge on any atom is -0.482 e. The van der Waals surface area contributed by atoms with E-state index in [9.17, 15) is 0 Å². The molecule has 102 valence electrons. The van der Waals surface area contributed by atoms with Crippen molar-refractivity contribution in [2.45, 2.75) is 6.61 Å². The first kappa shape index (κ1) is 12.6. The maximum atomic E-state index is 5.72. The molecule has 0 aromatic carbocycles. The van der Waals surface area contributed by atoms with Crippen LogP contribution in [0.2, 0.25) is 0 Å². The van der Waals surface area contributed by atoms with Gasteiger partial charge in [-0.3, -0.25) is 0 Å². The number of imidazole rings is 1. The van der Waals surface area contributed by atoms with Gasteiger partial charge in [-0.15, -0.1) is 0 Å². The molecule has 0 aliphatic heterocycles. The average Bonchev–Trinajstić information content (AvgIpc) is 2.88. The fraction of sp³-hybridized carbons (Fsp3) is 0.154. The van der Waals surface area contributed by atoms with Crippen molar-refractivity contribution in [3.63, 3.8) is 0 Å². The highest BCUT2D eigenvalue weighted by molar-refractivity contribution is 7.71. The SMILES string of the molecule is CNc1[nH]c(=S)ncc1OCc1cn2ccccc2n1. The largest absolute Gasteiger partial charge is 0.482 e. The number of pyridine rings is 1. The monoisotopic (exact) mass is 287 g/mol. The summed E-state index contributed by atoms with van der Waals surface area (Å²) in [4.78, 5) is 11.4. The minimum absolute atomic E-state index is 0.364. The van der Waals surface area contributed by atoms with Crippen LogP contribution in [0.25, 0.3) is 5.65 Å². The summed E-state index contributed by atoms with van der Waals surface area (Å²) in [5, 5.41) is 2.99. The lowest BCUT2D eigenvalue weighted by Gasteiger charge is -2.08. The second-order valence-electron chi connectivity index (χ2n) is 4.16. The maximum absolute atomic E-state index is 5.72. The van der Waals surface area contributed by atoms with Crippen LogP contribution < -0.4 is 10.1 Å². The molecule has 0 spiro atoms. The molecule has 0 aliphatic carbocycles. The molecule has 0 atom stereocenters. The van der Waals surface area contributed by atoms with E-state index in [2.05, 4.69) is 20.3 Å². The fourth-order valence-electron chi connectivity index (χ4n) is 1.89. The lowest BCUT2D eigenvalue weighted by atomic mass is 10.5. The maximum Gasteiger partial charge on any atom is 0.198 e. The molecular weight excluding hydrogens is 274 g/mol. The molecule has 3 aromatic heterocycles. The summed E-state index contributed by atoms with van der Waals surface area (Å²) in [6, 6.07) is 5.86. The third-order valence-electron chi connectivity index (χ3n) is 2.82. The Labute approximate surface area is 120 Å². The molecule has 0 radical (unpaired) electrons. The normalized spacial score (nSPS) is 10.7. The summed E-state index contributed by atoms with van der Waals surface area (Å²) in [5.41, 5.74) is 1.74. The van der Waals surface area contributed by atoms with Gasteiger partial charge in [0.2, 0.25) is 0 Å². The van der Waals surface area contributed by atoms with E-state index < -0.39 is 0 Å². The van der Waals surface area contributed by atoms with Gasteiger partial charge in [0.05, 0.1) is 11.9 Å². The molecule has 0 unspecified atom stereocenters. The topological polar surface area (TPSA) is 67.2 Å². The third kappa shape index (κ3) is 2.48. The summed E-state index contributed by atoms with van der Waals surface area (Å²) < 4.78 is 8.08. The smallest absolute Gasteiger partial charge is 0.198 e. The minimum atomic E-state index is 0.364. The third-order valence-corrected chi connectivity index (χ3v) is 3.02. The molecule has 6 nitrogen and oxygen atoms in total. The number of rotatable bonds is 4. The van der Waals surface area contributed by atoms with Gasteiger partial charge in [-0.2, -0.15) is 0 Å². The zero-order valence-electron chi connectivity index (χ0n) is 10.8. The van der Waals surface area contributed by atoms with E-state index >= 15 is 0 Å². The number of hydrogen-bond acceptors (Lipinski definition) is 5. The first-order chi connectivity index (χ1) is 9.76. The number of H-pyrrole nitrogens is 1. The van der Waals surface area contributed by atoms with Gasteiger partial charge in [-0.05, 0) is 24.4 Å². The predicted octanol–water partition coefficient (Wildman–Crippen LogP) is 2.41. The van der Waals surface area contributed by atoms with Gasteiger partial charge in [-0.1, -0.05) is 6.07 Å². The van der Waals surface area contributed by atoms with Crippen molar-refractivity contribution in [1.29, 1.82) is 0 Å². The fourth-order valence-corrected chi connectivity index (χ4v) is 2.04. The van der Waals surface area contributed by atoms with Crippen LogP contribution in [0, 0.1) is 4.77 Å². The lowest BCUT2D eigenvalue weighted by molar-refractivity contribution is 0.301. The number of nitrogens with zero attached hydrogens (tertiary/aromatic N) is 3. The van der Waals surface area contributed by atoms with Crippen LogP contribution in [0.15, 0.2) is 36.8 Å². The first-order valence-corrected chi connectivity index (χ1v) is 6.49. The van der Waals surface area contributed by atoms with Crippen LogP contribution >= 0.6 is 12.2 Å². The van der Waals surface area contributed by atoms with E-state index in [4.69, 9.17) is 17.0 Å². The number of anilines is 1. The van der Waals surface area contributed by atoms with Gasteiger partial charge in [0, 0.05) is 19.4 Å². The van der Waals surface area contributed by atoms with Crippen LogP contribution in [0.4, 0.5) is 5.82 Å². The van der Waals surface area contributed by atoms with Gasteiger partial charge in [-0.25, -0.2) is 9.97 Å². The Kier molecular flexibility index (Phi) is 3.34. The van der Waals surface area contributed by atoms with Crippen LogP contribution in [0.3, 0.4) is 0 Å². The zero-order valence-corrected chi connectivity index (χ0v) is 11.6. The first-order valence-electron chi connectivity index (χ1n) is 6.09. The number of aromatic amines is 1. The summed E-state index contributed by atoms with van der Waals surface area (Å²) in [6.45, 7) is 0.364. The summed E-state index contributed by atoms with van der Waals surface area (Å²) in [7, 11) is 1.79. The highest BCUT2D eigenvalue weighted by atomic mass is 32.1. The number of hydrogen-bond donors (Lipinski definition) is 2. The van der Waals surface area contributed by atoms with Crippen LogP contribution in [-0.4, -0.2) is 26.4 Å². The molecule has 3 aromatic rings. The van der Waals surface area contributed by atoms with E-state index in [0.29, 0.717) is 22.9 Å². The lowest BCUT2D eigenvalue weighted by Crippen LogP contribution is -2.02. The molecule has 2 N–H and O–H groups in total. The molecule has 7 heteroatoms. The Balaban J connectivity index is 1.80. The van der Waals surface area contributed by atoms with Crippen LogP contribution in [0.1, 0.15) is 5.69 Å². The van der Waals surface area contributed by atoms with E-state index in [0.717, 1.165) is 11.3 Å². The van der Waals surface area contributed by atoms with Gasteiger partial charge in [0.15, 0.2) is 10.5 Å². The number of ether oxygens (including phenoxy) is 1. The van der Waals surface area contributed by atoms with Crippen LogP contribution in [-0.2, 0) is 6.61 Å². The van der Waals surface area contributed by atoms with Crippen molar-refractivity contribution in [1.82, 2.24) is 19.4 Å². The molecule has 3 rings (SSSR count). The van der Waals surface area contributed by atoms with Gasteiger partial charge < -0.3 is 19.4 Å². The van der Waals surface area contributed by atoms with Crippen molar-refractivity contribution < 1.29 is 4.74 Å². The number of aromatic nitrogens is 4. The van der Waals surface area contributed by atoms with Crippen molar-refractivity contribution >= 4 is 23.7 Å². The Morgan fingerprint density at radius 1 is 1.45 bits per heavy atom. The highest BCUT2D eigenvalue weighted by Crippen LogP contribution is 2.20. The van der Waals surface area contributed by atoms with E-state index in [1.807, 2.05) is 35.0 Å². The predicted molar refractivity (Wildman–Crippen MR) is 78.5 cm³/mol. The molecule has 20 heavy (non-hydrogen) atoms. The highest BCUT2D eigenvalue weighted by Gasteiger charge is 2.06. The quantitative estimate of drug-likeness (QED) is 0.721. The Morgan fingerprint density at radius 3 is 3.15 bits per heavy atom. The van der Waals surface area contributed by atoms with E-state index in [-0.39, 0.29) is 0 Å². The zero-order chi connectivity index (χ0) is 13.9. The number of nitrogens with one attached hydrogen (secondary N) is 2. The van der Waals surface area contributed by atoms with Gasteiger partial charge in [0.1, 0.15) is 18.1 Å². The molecule has 0 saturated heterocycles. The van der Waals surface area contributed by atoms with Crippen molar-refractivity contribution in [3.05, 3.63) is 47.3 Å². The Bertz CT molecular complexity index is 762. The van der Waals surface area contributed by atoms with Crippen LogP contribution in [0.5, 0.6) is 5.75 Å². The van der Waals surface area contributed by atoms with E-state index in [1.165, 1.54) is 0 Å². The van der Waals surface area contributed by atoms with Crippen molar-refractivity contribution in [2.75, 3.05) is 12.4 Å². The summed E-state index contributed by atoms with van der Waals surface area (Å²) in [5.74, 6) is 1.31. The molecule has 0 bridgehead atoms.